The van der Waals surface area contributed by atoms with Crippen LogP contribution in [0.3, 0.4) is 0 Å². The summed E-state index contributed by atoms with van der Waals surface area (Å²) in [5, 5.41) is 6.61. The number of hydrogen-bond donors (Lipinski definition) is 1. The first kappa shape index (κ1) is 14.2. The van der Waals surface area contributed by atoms with Crippen molar-refractivity contribution in [2.75, 3.05) is 6.54 Å². The van der Waals surface area contributed by atoms with E-state index < -0.39 is 0 Å². The third-order valence-electron chi connectivity index (χ3n) is 4.27. The van der Waals surface area contributed by atoms with Gasteiger partial charge in [0.05, 0.1) is 17.3 Å². The molecule has 7 heteroatoms. The van der Waals surface area contributed by atoms with E-state index in [9.17, 15) is 9.59 Å². The normalized spacial score (nSPS) is 18.4. The second-order valence-electron chi connectivity index (χ2n) is 5.70. The van der Waals surface area contributed by atoms with Crippen molar-refractivity contribution in [1.29, 1.82) is 0 Å². The molecule has 1 amide bonds. The third-order valence-corrected chi connectivity index (χ3v) is 4.96. The van der Waals surface area contributed by atoms with Gasteiger partial charge in [0.25, 0.3) is 11.5 Å². The van der Waals surface area contributed by atoms with Crippen LogP contribution < -0.4 is 5.56 Å². The molecule has 1 aliphatic heterocycles. The number of carbonyl (C=O) groups is 1. The van der Waals surface area contributed by atoms with Gasteiger partial charge in [0.15, 0.2) is 5.65 Å². The number of thiophene rings is 1. The highest BCUT2D eigenvalue weighted by atomic mass is 32.1. The van der Waals surface area contributed by atoms with Crippen LogP contribution in [0.4, 0.5) is 0 Å². The minimum atomic E-state index is -0.150. The number of H-pyrrole nitrogens is 1. The number of carbonyl (C=O) groups excluding carboxylic acids is 1. The van der Waals surface area contributed by atoms with Crippen LogP contribution in [0, 0.1) is 0 Å². The van der Waals surface area contributed by atoms with Gasteiger partial charge in [-0.3, -0.25) is 14.7 Å². The standard InChI is InChI=1S/C16H16N4O2S/c21-15-9-12(18-14-4-6-17-20(14)15)13-3-1-2-7-19(13)16(22)11-5-8-23-10-11/h4-6,8-10,13,17H,1-3,7H2/t13-/m1/s1. The van der Waals surface area contributed by atoms with Crippen LogP contribution in [0.5, 0.6) is 0 Å². The molecule has 1 N–H and O–H groups in total. The molecule has 3 aromatic rings. The molecule has 4 heterocycles. The zero-order valence-corrected chi connectivity index (χ0v) is 13.3. The summed E-state index contributed by atoms with van der Waals surface area (Å²) >= 11 is 1.51. The Morgan fingerprint density at radius 2 is 2.26 bits per heavy atom. The quantitative estimate of drug-likeness (QED) is 0.785. The summed E-state index contributed by atoms with van der Waals surface area (Å²) in [5.74, 6) is 0.0204. The Balaban J connectivity index is 1.74. The Morgan fingerprint density at radius 1 is 1.35 bits per heavy atom. The van der Waals surface area contributed by atoms with Gasteiger partial charge in [-0.2, -0.15) is 11.3 Å². The zero-order chi connectivity index (χ0) is 15.8. The molecule has 0 aromatic carbocycles. The van der Waals surface area contributed by atoms with E-state index in [1.54, 1.807) is 12.3 Å². The molecule has 6 nitrogen and oxygen atoms in total. The van der Waals surface area contributed by atoms with Crippen molar-refractivity contribution < 1.29 is 4.79 Å². The molecule has 1 atom stereocenters. The third kappa shape index (κ3) is 2.46. The van der Waals surface area contributed by atoms with Crippen molar-refractivity contribution in [2.24, 2.45) is 0 Å². The Morgan fingerprint density at radius 3 is 3.09 bits per heavy atom. The molecule has 118 valence electrons. The average molecular weight is 328 g/mol. The SMILES string of the molecule is O=C(c1ccsc1)N1CCCC[C@@H]1c1cc(=O)n2[nH]ccc2n1. The van der Waals surface area contributed by atoms with Crippen molar-refractivity contribution >= 4 is 22.9 Å². The number of aromatic amines is 1. The van der Waals surface area contributed by atoms with Gasteiger partial charge >= 0.3 is 0 Å². The fourth-order valence-electron chi connectivity index (χ4n) is 3.15. The molecule has 0 bridgehead atoms. The summed E-state index contributed by atoms with van der Waals surface area (Å²) < 4.78 is 1.40. The average Bonchev–Trinajstić information content (AvgIpc) is 3.25. The first-order valence-corrected chi connectivity index (χ1v) is 8.58. The van der Waals surface area contributed by atoms with Gasteiger partial charge in [0.2, 0.25) is 0 Å². The molecule has 1 aliphatic rings. The Hall–Kier alpha value is -2.41. The second kappa shape index (κ2) is 5.66. The van der Waals surface area contributed by atoms with Crippen LogP contribution in [-0.4, -0.2) is 31.9 Å². The summed E-state index contributed by atoms with van der Waals surface area (Å²) in [6.07, 6.45) is 4.54. The van der Waals surface area contributed by atoms with Crippen molar-refractivity contribution in [3.63, 3.8) is 0 Å². The van der Waals surface area contributed by atoms with Gasteiger partial charge in [0, 0.05) is 30.3 Å². The molecule has 3 aromatic heterocycles. The fourth-order valence-corrected chi connectivity index (χ4v) is 3.78. The smallest absolute Gasteiger partial charge is 0.272 e. The van der Waals surface area contributed by atoms with E-state index in [1.165, 1.54) is 21.9 Å². The number of fused-ring (bicyclic) bond motifs is 1. The van der Waals surface area contributed by atoms with E-state index in [1.807, 2.05) is 21.7 Å². The van der Waals surface area contributed by atoms with Crippen LogP contribution >= 0.6 is 11.3 Å². The Kier molecular flexibility index (Phi) is 3.49. The Labute approximate surface area is 136 Å². The van der Waals surface area contributed by atoms with Gasteiger partial charge in [-0.15, -0.1) is 0 Å². The van der Waals surface area contributed by atoms with E-state index in [-0.39, 0.29) is 17.5 Å². The number of piperidine rings is 1. The van der Waals surface area contributed by atoms with Crippen molar-refractivity contribution in [2.45, 2.75) is 25.3 Å². The highest BCUT2D eigenvalue weighted by Crippen LogP contribution is 2.31. The first-order valence-electron chi connectivity index (χ1n) is 7.64. The maximum Gasteiger partial charge on any atom is 0.272 e. The van der Waals surface area contributed by atoms with Gasteiger partial charge in [-0.05, 0) is 30.7 Å². The monoisotopic (exact) mass is 328 g/mol. The van der Waals surface area contributed by atoms with Crippen LogP contribution in [0.15, 0.2) is 40.0 Å². The van der Waals surface area contributed by atoms with Gasteiger partial charge < -0.3 is 4.90 Å². The van der Waals surface area contributed by atoms with E-state index in [2.05, 4.69) is 10.1 Å². The second-order valence-corrected chi connectivity index (χ2v) is 6.48. The van der Waals surface area contributed by atoms with E-state index in [4.69, 9.17) is 0 Å². The molecule has 0 aliphatic carbocycles. The zero-order valence-electron chi connectivity index (χ0n) is 12.4. The lowest BCUT2D eigenvalue weighted by Gasteiger charge is -2.35. The molecule has 4 rings (SSSR count). The molecule has 23 heavy (non-hydrogen) atoms. The molecule has 0 saturated carbocycles. The molecular weight excluding hydrogens is 312 g/mol. The highest BCUT2D eigenvalue weighted by molar-refractivity contribution is 7.08. The summed E-state index contributed by atoms with van der Waals surface area (Å²) in [7, 11) is 0. The van der Waals surface area contributed by atoms with Crippen molar-refractivity contribution in [3.8, 4) is 0 Å². The van der Waals surface area contributed by atoms with Gasteiger partial charge in [-0.25, -0.2) is 9.50 Å². The summed E-state index contributed by atoms with van der Waals surface area (Å²) in [6, 6.07) is 5.01. The van der Waals surface area contributed by atoms with Crippen molar-refractivity contribution in [3.05, 3.63) is 56.8 Å². The van der Waals surface area contributed by atoms with Gasteiger partial charge in [-0.1, -0.05) is 0 Å². The summed E-state index contributed by atoms with van der Waals surface area (Å²) in [5.41, 5.74) is 1.82. The largest absolute Gasteiger partial charge is 0.330 e. The van der Waals surface area contributed by atoms with Crippen molar-refractivity contribution in [1.82, 2.24) is 19.5 Å². The lowest BCUT2D eigenvalue weighted by atomic mass is 9.98. The van der Waals surface area contributed by atoms with Crippen LogP contribution in [0.2, 0.25) is 0 Å². The predicted octanol–water partition coefficient (Wildman–Crippen LogP) is 2.45. The lowest BCUT2D eigenvalue weighted by Crippen LogP contribution is -2.39. The van der Waals surface area contributed by atoms with Crippen LogP contribution in [0.25, 0.3) is 5.65 Å². The van der Waals surface area contributed by atoms with E-state index in [0.29, 0.717) is 23.4 Å². The van der Waals surface area contributed by atoms with E-state index in [0.717, 1.165) is 19.3 Å². The summed E-state index contributed by atoms with van der Waals surface area (Å²) in [4.78, 5) is 31.4. The minimum Gasteiger partial charge on any atom is -0.330 e. The minimum absolute atomic E-state index is 0.0204. The number of amides is 1. The molecule has 0 radical (unpaired) electrons. The number of nitrogens with zero attached hydrogens (tertiary/aromatic N) is 3. The number of rotatable bonds is 2. The maximum atomic E-state index is 12.8. The molecule has 1 fully saturated rings. The molecule has 1 saturated heterocycles. The number of hydrogen-bond acceptors (Lipinski definition) is 4. The maximum absolute atomic E-state index is 12.8. The topological polar surface area (TPSA) is 70.5 Å². The Bertz CT molecular complexity index is 896. The lowest BCUT2D eigenvalue weighted by molar-refractivity contribution is 0.0606. The van der Waals surface area contributed by atoms with Crippen LogP contribution in [0.1, 0.15) is 41.4 Å². The fraction of sp³-hybridized carbons (Fsp3) is 0.312. The van der Waals surface area contributed by atoms with Gasteiger partial charge in [0.1, 0.15) is 0 Å². The number of aromatic nitrogens is 3. The highest BCUT2D eigenvalue weighted by Gasteiger charge is 2.30. The number of likely N-dealkylation sites (tertiary alicyclic amines) is 1. The van der Waals surface area contributed by atoms with Crippen LogP contribution in [-0.2, 0) is 0 Å². The molecular formula is C16H16N4O2S. The molecule has 0 spiro atoms. The predicted molar refractivity (Wildman–Crippen MR) is 87.8 cm³/mol. The number of nitrogens with one attached hydrogen (secondary N) is 1. The van der Waals surface area contributed by atoms with E-state index >= 15 is 0 Å². The summed E-state index contributed by atoms with van der Waals surface area (Å²) in [6.45, 7) is 0.702. The first-order chi connectivity index (χ1) is 11.2. The molecule has 0 unspecified atom stereocenters.